The van der Waals surface area contributed by atoms with E-state index in [0.717, 1.165) is 12.0 Å². The van der Waals surface area contributed by atoms with Crippen LogP contribution >= 0.6 is 11.6 Å². The van der Waals surface area contributed by atoms with Crippen LogP contribution in [0, 0.1) is 0 Å². The highest BCUT2D eigenvalue weighted by Crippen LogP contribution is 2.23. The van der Waals surface area contributed by atoms with Gasteiger partial charge in [-0.15, -0.1) is 0 Å². The fourth-order valence-electron chi connectivity index (χ4n) is 1.65. The maximum atomic E-state index is 5.96. The van der Waals surface area contributed by atoms with Crippen molar-refractivity contribution in [1.82, 2.24) is 0 Å². The van der Waals surface area contributed by atoms with Crippen LogP contribution < -0.4 is 5.73 Å². The van der Waals surface area contributed by atoms with Gasteiger partial charge in [-0.3, -0.25) is 0 Å². The third-order valence-corrected chi connectivity index (χ3v) is 2.68. The average molecular weight is 258 g/mol. The molecule has 1 aromatic rings. The molecule has 0 saturated carbocycles. The monoisotopic (exact) mass is 257 g/mol. The molecular weight excluding hydrogens is 238 g/mol. The molecule has 2 unspecified atom stereocenters. The molecule has 2 N–H and O–H groups in total. The molecular formula is C13H20ClNO2. The highest BCUT2D eigenvalue weighted by Gasteiger charge is 2.16. The number of hydrogen-bond acceptors (Lipinski definition) is 3. The van der Waals surface area contributed by atoms with Crippen LogP contribution in [0.15, 0.2) is 24.3 Å². The van der Waals surface area contributed by atoms with Gasteiger partial charge < -0.3 is 15.2 Å². The van der Waals surface area contributed by atoms with Crippen molar-refractivity contribution < 1.29 is 9.47 Å². The maximum Gasteiger partial charge on any atom is 0.0973 e. The highest BCUT2D eigenvalue weighted by atomic mass is 35.5. The molecule has 96 valence electrons. The van der Waals surface area contributed by atoms with Crippen molar-refractivity contribution >= 4 is 11.6 Å². The largest absolute Gasteiger partial charge is 0.385 e. The molecule has 0 radical (unpaired) electrons. The van der Waals surface area contributed by atoms with Gasteiger partial charge in [0.05, 0.1) is 6.10 Å². The molecule has 1 rings (SSSR count). The summed E-state index contributed by atoms with van der Waals surface area (Å²) in [6.45, 7) is 3.26. The van der Waals surface area contributed by atoms with Crippen LogP contribution in [0.1, 0.15) is 25.0 Å². The lowest BCUT2D eigenvalue weighted by atomic mass is 10.0. The second-order valence-corrected chi connectivity index (χ2v) is 4.49. The van der Waals surface area contributed by atoms with Gasteiger partial charge >= 0.3 is 0 Å². The minimum absolute atomic E-state index is 0.0731. The van der Waals surface area contributed by atoms with Crippen LogP contribution in [-0.2, 0) is 9.47 Å². The van der Waals surface area contributed by atoms with Gasteiger partial charge in [-0.05, 0) is 31.0 Å². The molecule has 1 aromatic carbocycles. The Morgan fingerprint density at radius 1 is 1.35 bits per heavy atom. The van der Waals surface area contributed by atoms with E-state index in [1.165, 1.54) is 0 Å². The third-order valence-electron chi connectivity index (χ3n) is 2.44. The lowest BCUT2D eigenvalue weighted by molar-refractivity contribution is 0.0264. The van der Waals surface area contributed by atoms with E-state index in [9.17, 15) is 0 Å². The second kappa shape index (κ2) is 7.67. The minimum Gasteiger partial charge on any atom is -0.385 e. The molecule has 0 aromatic heterocycles. The summed E-state index contributed by atoms with van der Waals surface area (Å²) in [5, 5.41) is 0.702. The van der Waals surface area contributed by atoms with Gasteiger partial charge in [0.15, 0.2) is 0 Å². The Kier molecular flexibility index (Phi) is 6.52. The predicted molar refractivity (Wildman–Crippen MR) is 70.3 cm³/mol. The highest BCUT2D eigenvalue weighted by molar-refractivity contribution is 6.30. The third kappa shape index (κ3) is 5.04. The number of methoxy groups -OCH3 is 1. The Balaban J connectivity index is 2.59. The quantitative estimate of drug-likeness (QED) is 0.764. The van der Waals surface area contributed by atoms with Gasteiger partial charge in [0.1, 0.15) is 0 Å². The van der Waals surface area contributed by atoms with Crippen molar-refractivity contribution in [3.05, 3.63) is 34.9 Å². The molecule has 0 heterocycles. The number of nitrogens with two attached hydrogens (primary N) is 1. The summed E-state index contributed by atoms with van der Waals surface area (Å²) in [7, 11) is 1.68. The summed E-state index contributed by atoms with van der Waals surface area (Å²) < 4.78 is 10.8. The van der Waals surface area contributed by atoms with Crippen molar-refractivity contribution in [2.45, 2.75) is 25.5 Å². The standard InChI is InChI=1S/C13H20ClNO2/c1-10(15)13(17-8-4-7-16-2)11-5-3-6-12(14)9-11/h3,5-6,9-10,13H,4,7-8,15H2,1-2H3. The molecule has 0 saturated heterocycles. The second-order valence-electron chi connectivity index (χ2n) is 4.05. The number of rotatable bonds is 7. The molecule has 3 nitrogen and oxygen atoms in total. The van der Waals surface area contributed by atoms with E-state index in [4.69, 9.17) is 26.8 Å². The molecule has 0 aliphatic heterocycles. The minimum atomic E-state index is -0.120. The van der Waals surface area contributed by atoms with Crippen molar-refractivity contribution in [2.24, 2.45) is 5.73 Å². The van der Waals surface area contributed by atoms with Gasteiger partial charge in [-0.25, -0.2) is 0 Å². The van der Waals surface area contributed by atoms with Gasteiger partial charge in [0.25, 0.3) is 0 Å². The molecule has 4 heteroatoms. The first-order valence-corrected chi connectivity index (χ1v) is 6.14. The molecule has 0 amide bonds. The Morgan fingerprint density at radius 2 is 2.12 bits per heavy atom. The Labute approximate surface area is 108 Å². The van der Waals surface area contributed by atoms with Crippen LogP contribution in [0.25, 0.3) is 0 Å². The Morgan fingerprint density at radius 3 is 2.71 bits per heavy atom. The Bertz CT molecular complexity index is 331. The normalized spacial score (nSPS) is 14.6. The molecule has 2 atom stereocenters. The van der Waals surface area contributed by atoms with E-state index in [1.54, 1.807) is 7.11 Å². The van der Waals surface area contributed by atoms with Crippen LogP contribution in [0.3, 0.4) is 0 Å². The summed E-state index contributed by atoms with van der Waals surface area (Å²) in [4.78, 5) is 0. The molecule has 0 aliphatic rings. The molecule has 17 heavy (non-hydrogen) atoms. The zero-order chi connectivity index (χ0) is 12.7. The summed E-state index contributed by atoms with van der Waals surface area (Å²) in [6.07, 6.45) is 0.742. The molecule has 0 aliphatic carbocycles. The Hall–Kier alpha value is -0.610. The first kappa shape index (κ1) is 14.5. The van der Waals surface area contributed by atoms with Crippen LogP contribution in [0.4, 0.5) is 0 Å². The van der Waals surface area contributed by atoms with Crippen molar-refractivity contribution in [3.8, 4) is 0 Å². The fourth-order valence-corrected chi connectivity index (χ4v) is 1.85. The summed E-state index contributed by atoms with van der Waals surface area (Å²) >= 11 is 5.96. The van der Waals surface area contributed by atoms with Crippen LogP contribution in [-0.4, -0.2) is 26.4 Å². The lowest BCUT2D eigenvalue weighted by Gasteiger charge is -2.22. The lowest BCUT2D eigenvalue weighted by Crippen LogP contribution is -2.27. The molecule has 0 fully saturated rings. The van der Waals surface area contributed by atoms with Crippen molar-refractivity contribution in [1.29, 1.82) is 0 Å². The zero-order valence-corrected chi connectivity index (χ0v) is 11.1. The number of halogens is 1. The van der Waals surface area contributed by atoms with E-state index in [0.29, 0.717) is 18.2 Å². The van der Waals surface area contributed by atoms with E-state index >= 15 is 0 Å². The summed E-state index contributed by atoms with van der Waals surface area (Å²) in [5.41, 5.74) is 6.95. The van der Waals surface area contributed by atoms with Crippen molar-refractivity contribution in [3.63, 3.8) is 0 Å². The van der Waals surface area contributed by atoms with Gasteiger partial charge in [0, 0.05) is 31.4 Å². The number of benzene rings is 1. The van der Waals surface area contributed by atoms with Gasteiger partial charge in [-0.1, -0.05) is 23.7 Å². The zero-order valence-electron chi connectivity index (χ0n) is 10.4. The number of hydrogen-bond donors (Lipinski definition) is 1. The molecule has 0 spiro atoms. The smallest absolute Gasteiger partial charge is 0.0973 e. The van der Waals surface area contributed by atoms with Crippen LogP contribution in [0.2, 0.25) is 5.02 Å². The van der Waals surface area contributed by atoms with Crippen molar-refractivity contribution in [2.75, 3.05) is 20.3 Å². The topological polar surface area (TPSA) is 44.5 Å². The van der Waals surface area contributed by atoms with Gasteiger partial charge in [-0.2, -0.15) is 0 Å². The number of ether oxygens (including phenoxy) is 2. The SMILES string of the molecule is COCCCOC(c1cccc(Cl)c1)C(C)N. The first-order valence-electron chi connectivity index (χ1n) is 5.76. The summed E-state index contributed by atoms with van der Waals surface area (Å²) in [5.74, 6) is 0. The average Bonchev–Trinajstić information content (AvgIpc) is 2.28. The van der Waals surface area contributed by atoms with E-state index in [-0.39, 0.29) is 12.1 Å². The fraction of sp³-hybridized carbons (Fsp3) is 0.538. The molecule has 0 bridgehead atoms. The predicted octanol–water partition coefficient (Wildman–Crippen LogP) is 2.78. The first-order chi connectivity index (χ1) is 8.15. The summed E-state index contributed by atoms with van der Waals surface area (Å²) in [6, 6.07) is 7.55. The van der Waals surface area contributed by atoms with E-state index < -0.39 is 0 Å². The van der Waals surface area contributed by atoms with Gasteiger partial charge in [0.2, 0.25) is 0 Å². The maximum absolute atomic E-state index is 5.96. The van der Waals surface area contributed by atoms with Crippen LogP contribution in [0.5, 0.6) is 0 Å². The van der Waals surface area contributed by atoms with E-state index in [1.807, 2.05) is 31.2 Å². The van der Waals surface area contributed by atoms with E-state index in [2.05, 4.69) is 0 Å².